The number of phenolic OH excluding ortho intramolecular Hbond substituents is 1. The summed E-state index contributed by atoms with van der Waals surface area (Å²) in [7, 11) is 0. The molecule has 1 atom stereocenters. The minimum Gasteiger partial charge on any atom is -0.508 e. The van der Waals surface area contributed by atoms with Gasteiger partial charge in [-0.1, -0.05) is 23.7 Å². The summed E-state index contributed by atoms with van der Waals surface area (Å²) in [4.78, 5) is 26.7. The number of ketones is 1. The summed E-state index contributed by atoms with van der Waals surface area (Å²) in [5.74, 6) is -1.96. The van der Waals surface area contributed by atoms with Gasteiger partial charge in [-0.3, -0.25) is 9.59 Å². The first-order chi connectivity index (χ1) is 13.9. The average Bonchev–Trinajstić information content (AvgIpc) is 2.96. The highest BCUT2D eigenvalue weighted by molar-refractivity contribution is 6.46. The summed E-state index contributed by atoms with van der Waals surface area (Å²) in [6.45, 7) is 0.114. The number of ether oxygens (including phenoxy) is 1. The third-order valence-electron chi connectivity index (χ3n) is 4.56. The number of aromatic hydroxyl groups is 1. The number of Topliss-reactive ketones (excluding diaryl/α,β-unsaturated/α-hetero) is 1. The van der Waals surface area contributed by atoms with Gasteiger partial charge in [0.25, 0.3) is 11.7 Å². The van der Waals surface area contributed by atoms with Gasteiger partial charge in [0.15, 0.2) is 0 Å². The van der Waals surface area contributed by atoms with E-state index >= 15 is 0 Å². The number of hydrogen-bond acceptors (Lipinski definition) is 6. The Morgan fingerprint density at radius 1 is 1.10 bits per heavy atom. The van der Waals surface area contributed by atoms with Crippen molar-refractivity contribution < 1.29 is 29.6 Å². The van der Waals surface area contributed by atoms with Crippen molar-refractivity contribution >= 4 is 29.1 Å². The van der Waals surface area contributed by atoms with Crippen LogP contribution >= 0.6 is 11.6 Å². The van der Waals surface area contributed by atoms with E-state index in [2.05, 4.69) is 0 Å². The number of nitrogens with zero attached hydrogens (tertiary/aromatic N) is 1. The predicted molar refractivity (Wildman–Crippen MR) is 106 cm³/mol. The molecule has 1 unspecified atom stereocenters. The van der Waals surface area contributed by atoms with Crippen LogP contribution < -0.4 is 0 Å². The van der Waals surface area contributed by atoms with Gasteiger partial charge >= 0.3 is 0 Å². The van der Waals surface area contributed by atoms with E-state index < -0.39 is 17.7 Å². The van der Waals surface area contributed by atoms with E-state index in [1.54, 1.807) is 36.4 Å². The minimum absolute atomic E-state index is 0.0314. The quantitative estimate of drug-likeness (QED) is 0.276. The summed E-state index contributed by atoms with van der Waals surface area (Å²) in [5, 5.41) is 30.0. The van der Waals surface area contributed by atoms with Gasteiger partial charge in [-0.05, 0) is 42.0 Å². The van der Waals surface area contributed by atoms with Gasteiger partial charge in [0.2, 0.25) is 0 Å². The van der Waals surface area contributed by atoms with Crippen molar-refractivity contribution in [1.82, 2.24) is 4.90 Å². The largest absolute Gasteiger partial charge is 0.508 e. The highest BCUT2D eigenvalue weighted by Crippen LogP contribution is 2.40. The van der Waals surface area contributed by atoms with Crippen molar-refractivity contribution in [3.05, 3.63) is 70.3 Å². The van der Waals surface area contributed by atoms with Crippen molar-refractivity contribution in [3.8, 4) is 5.75 Å². The molecule has 7 nitrogen and oxygen atoms in total. The number of rotatable bonds is 7. The second kappa shape index (κ2) is 9.09. The van der Waals surface area contributed by atoms with Crippen molar-refractivity contribution in [1.29, 1.82) is 0 Å². The highest BCUT2D eigenvalue weighted by atomic mass is 35.5. The van der Waals surface area contributed by atoms with Crippen LogP contribution in [0.1, 0.15) is 17.2 Å². The fourth-order valence-corrected chi connectivity index (χ4v) is 3.37. The van der Waals surface area contributed by atoms with Gasteiger partial charge in [-0.25, -0.2) is 0 Å². The molecular weight excluding hydrogens is 398 g/mol. The molecule has 1 heterocycles. The molecule has 8 heteroatoms. The molecule has 1 fully saturated rings. The second-order valence-corrected chi connectivity index (χ2v) is 6.87. The molecule has 0 aliphatic carbocycles. The molecule has 1 saturated heterocycles. The molecule has 1 aliphatic heterocycles. The molecule has 3 rings (SSSR count). The van der Waals surface area contributed by atoms with Crippen LogP contribution in [0.2, 0.25) is 5.02 Å². The summed E-state index contributed by atoms with van der Waals surface area (Å²) < 4.78 is 5.23. The number of carbonyl (C=O) groups is 2. The van der Waals surface area contributed by atoms with Crippen LogP contribution in [0, 0.1) is 0 Å². The van der Waals surface area contributed by atoms with E-state index in [-0.39, 0.29) is 43.4 Å². The van der Waals surface area contributed by atoms with Crippen LogP contribution in [-0.2, 0) is 14.3 Å². The number of hydrogen-bond donors (Lipinski definition) is 3. The van der Waals surface area contributed by atoms with E-state index in [0.29, 0.717) is 16.1 Å². The molecule has 2 aromatic carbocycles. The summed E-state index contributed by atoms with van der Waals surface area (Å²) in [6, 6.07) is 11.5. The normalized spacial score (nSPS) is 18.4. The Hall–Kier alpha value is -2.87. The zero-order valence-electron chi connectivity index (χ0n) is 15.4. The maximum Gasteiger partial charge on any atom is 0.295 e. The van der Waals surface area contributed by atoms with E-state index in [1.165, 1.54) is 17.0 Å². The monoisotopic (exact) mass is 417 g/mol. The molecule has 1 aliphatic rings. The smallest absolute Gasteiger partial charge is 0.295 e. The number of carbonyl (C=O) groups excluding carboxylic acids is 2. The zero-order valence-corrected chi connectivity index (χ0v) is 16.2. The molecule has 152 valence electrons. The number of benzene rings is 2. The van der Waals surface area contributed by atoms with Gasteiger partial charge in [0.1, 0.15) is 11.5 Å². The van der Waals surface area contributed by atoms with E-state index in [9.17, 15) is 19.8 Å². The SMILES string of the molecule is O=C1C(=O)N(CCOCCO)C(c2cccc(O)c2)/C1=C(\O)c1ccc(Cl)cc1. The molecule has 29 heavy (non-hydrogen) atoms. The number of aliphatic hydroxyl groups is 2. The van der Waals surface area contributed by atoms with Crippen LogP contribution in [0.5, 0.6) is 5.75 Å². The molecule has 2 aromatic rings. The molecule has 0 saturated carbocycles. The average molecular weight is 418 g/mol. The standard InChI is InChI=1S/C21H20ClNO6/c22-15-6-4-13(5-7-15)19(26)17-18(14-2-1-3-16(25)12-14)23(21(28)20(17)27)8-10-29-11-9-24/h1-7,12,18,24-26H,8-11H2/b19-17+. The number of halogens is 1. The van der Waals surface area contributed by atoms with E-state index in [0.717, 1.165) is 0 Å². The Kier molecular flexibility index (Phi) is 6.53. The fourth-order valence-electron chi connectivity index (χ4n) is 3.24. The molecule has 0 bridgehead atoms. The Balaban J connectivity index is 2.07. The van der Waals surface area contributed by atoms with Gasteiger partial charge in [-0.15, -0.1) is 0 Å². The van der Waals surface area contributed by atoms with Crippen LogP contribution in [0.25, 0.3) is 5.76 Å². The topological polar surface area (TPSA) is 107 Å². The fraction of sp³-hybridized carbons (Fsp3) is 0.238. The Morgan fingerprint density at radius 2 is 1.83 bits per heavy atom. The molecule has 0 radical (unpaired) electrons. The van der Waals surface area contributed by atoms with Crippen molar-refractivity contribution in [2.24, 2.45) is 0 Å². The second-order valence-electron chi connectivity index (χ2n) is 6.43. The summed E-state index contributed by atoms with van der Waals surface area (Å²) >= 11 is 5.89. The van der Waals surface area contributed by atoms with Gasteiger partial charge < -0.3 is 25.0 Å². The highest BCUT2D eigenvalue weighted by Gasteiger charge is 2.45. The number of aliphatic hydroxyl groups excluding tert-OH is 2. The lowest BCUT2D eigenvalue weighted by Crippen LogP contribution is -2.33. The van der Waals surface area contributed by atoms with E-state index in [4.69, 9.17) is 21.4 Å². The first-order valence-corrected chi connectivity index (χ1v) is 9.33. The molecule has 1 amide bonds. The van der Waals surface area contributed by atoms with Gasteiger partial charge in [0.05, 0.1) is 31.4 Å². The lowest BCUT2D eigenvalue weighted by molar-refractivity contribution is -0.140. The lowest BCUT2D eigenvalue weighted by atomic mass is 9.95. The third-order valence-corrected chi connectivity index (χ3v) is 4.81. The maximum atomic E-state index is 12.8. The first kappa shape index (κ1) is 20.9. The molecular formula is C21H20ClNO6. The summed E-state index contributed by atoms with van der Waals surface area (Å²) in [5.41, 5.74) is 0.737. The molecule has 0 spiro atoms. The summed E-state index contributed by atoms with van der Waals surface area (Å²) in [6.07, 6.45) is 0. The van der Waals surface area contributed by atoms with E-state index in [1.807, 2.05) is 0 Å². The van der Waals surface area contributed by atoms with Crippen LogP contribution in [0.15, 0.2) is 54.1 Å². The van der Waals surface area contributed by atoms with Crippen molar-refractivity contribution in [2.45, 2.75) is 6.04 Å². The van der Waals surface area contributed by atoms with Crippen LogP contribution in [-0.4, -0.2) is 58.3 Å². The maximum absolute atomic E-state index is 12.8. The lowest BCUT2D eigenvalue weighted by Gasteiger charge is -2.25. The third kappa shape index (κ3) is 4.42. The van der Waals surface area contributed by atoms with Gasteiger partial charge in [0, 0.05) is 17.1 Å². The van der Waals surface area contributed by atoms with Gasteiger partial charge in [-0.2, -0.15) is 0 Å². The van der Waals surface area contributed by atoms with Crippen molar-refractivity contribution in [2.75, 3.05) is 26.4 Å². The Bertz CT molecular complexity index is 940. The number of amides is 1. The minimum atomic E-state index is -0.893. The first-order valence-electron chi connectivity index (χ1n) is 8.96. The van der Waals surface area contributed by atoms with Crippen LogP contribution in [0.3, 0.4) is 0 Å². The van der Waals surface area contributed by atoms with Crippen molar-refractivity contribution in [3.63, 3.8) is 0 Å². The Morgan fingerprint density at radius 3 is 2.48 bits per heavy atom. The predicted octanol–water partition coefficient (Wildman–Crippen LogP) is 2.48. The molecule has 3 N–H and O–H groups in total. The van der Waals surface area contributed by atoms with Crippen LogP contribution in [0.4, 0.5) is 0 Å². The zero-order chi connectivity index (χ0) is 21.0. The Labute approximate surface area is 172 Å². The number of phenols is 1. The molecule has 0 aromatic heterocycles. The number of likely N-dealkylation sites (tertiary alicyclic amines) is 1.